The molecule has 2 nitrogen and oxygen atoms in total. The first-order valence-corrected chi connectivity index (χ1v) is 7.25. The lowest BCUT2D eigenvalue weighted by molar-refractivity contribution is -0.137. The smallest absolute Gasteiger partial charge is 0.303 e. The molecule has 4 heteroatoms. The third-order valence-electron chi connectivity index (χ3n) is 2.46. The summed E-state index contributed by atoms with van der Waals surface area (Å²) in [5.41, 5.74) is 0. The average Bonchev–Trinajstić information content (AvgIpc) is 2.90. The first-order valence-electron chi connectivity index (χ1n) is 5.56. The van der Waals surface area contributed by atoms with Crippen LogP contribution in [0.4, 0.5) is 0 Å². The number of aliphatic carboxylic acids is 1. The van der Waals surface area contributed by atoms with Crippen LogP contribution in [0.15, 0.2) is 29.6 Å². The van der Waals surface area contributed by atoms with Crippen molar-refractivity contribution in [2.75, 3.05) is 0 Å². The van der Waals surface area contributed by atoms with Gasteiger partial charge < -0.3 is 5.11 Å². The molecule has 0 fully saturated rings. The summed E-state index contributed by atoms with van der Waals surface area (Å²) in [6.07, 6.45) is 2.87. The van der Waals surface area contributed by atoms with Crippen molar-refractivity contribution in [1.82, 2.24) is 0 Å². The Hall–Kier alpha value is -1.13. The van der Waals surface area contributed by atoms with Crippen molar-refractivity contribution in [2.45, 2.75) is 25.7 Å². The second kappa shape index (κ2) is 5.98. The van der Waals surface area contributed by atoms with Gasteiger partial charge in [-0.25, -0.2) is 0 Å². The van der Waals surface area contributed by atoms with E-state index in [2.05, 4.69) is 29.6 Å². The Morgan fingerprint density at radius 3 is 2.71 bits per heavy atom. The molecule has 0 spiro atoms. The Kier molecular flexibility index (Phi) is 4.34. The van der Waals surface area contributed by atoms with Gasteiger partial charge in [-0.2, -0.15) is 0 Å². The maximum absolute atomic E-state index is 10.4. The summed E-state index contributed by atoms with van der Waals surface area (Å²) in [4.78, 5) is 14.4. The minimum absolute atomic E-state index is 0.262. The minimum atomic E-state index is -0.708. The molecule has 0 saturated carbocycles. The highest BCUT2D eigenvalue weighted by atomic mass is 32.1. The Labute approximate surface area is 109 Å². The van der Waals surface area contributed by atoms with Gasteiger partial charge in [-0.3, -0.25) is 4.79 Å². The van der Waals surface area contributed by atoms with Crippen LogP contribution < -0.4 is 0 Å². The fraction of sp³-hybridized carbons (Fsp3) is 0.308. The summed E-state index contributed by atoms with van der Waals surface area (Å²) in [7, 11) is 0. The maximum Gasteiger partial charge on any atom is 0.303 e. The number of thiophene rings is 2. The van der Waals surface area contributed by atoms with Gasteiger partial charge in [0.2, 0.25) is 0 Å². The van der Waals surface area contributed by atoms with Gasteiger partial charge >= 0.3 is 5.97 Å². The Morgan fingerprint density at radius 2 is 2.00 bits per heavy atom. The van der Waals surface area contributed by atoms with Crippen molar-refractivity contribution < 1.29 is 9.90 Å². The van der Waals surface area contributed by atoms with Crippen molar-refractivity contribution in [3.8, 4) is 0 Å². The summed E-state index contributed by atoms with van der Waals surface area (Å²) in [6, 6.07) is 8.49. The van der Waals surface area contributed by atoms with Crippen LogP contribution in [-0.2, 0) is 17.6 Å². The number of carbonyl (C=O) groups is 1. The molecule has 2 rings (SSSR count). The molecule has 0 radical (unpaired) electrons. The lowest BCUT2D eigenvalue weighted by Gasteiger charge is -1.95. The molecule has 17 heavy (non-hydrogen) atoms. The third kappa shape index (κ3) is 3.98. The molecule has 0 amide bonds. The van der Waals surface area contributed by atoms with Crippen LogP contribution in [0.5, 0.6) is 0 Å². The second-order valence-corrected chi connectivity index (χ2v) is 6.16. The number of hydrogen-bond donors (Lipinski definition) is 1. The van der Waals surface area contributed by atoms with E-state index in [0.717, 1.165) is 19.3 Å². The molecular formula is C13H14O2S2. The quantitative estimate of drug-likeness (QED) is 0.863. The van der Waals surface area contributed by atoms with E-state index in [1.54, 1.807) is 22.7 Å². The zero-order chi connectivity index (χ0) is 12.1. The van der Waals surface area contributed by atoms with E-state index in [9.17, 15) is 4.79 Å². The molecule has 0 atom stereocenters. The van der Waals surface area contributed by atoms with Crippen LogP contribution in [0, 0.1) is 0 Å². The van der Waals surface area contributed by atoms with Gasteiger partial charge in [0.25, 0.3) is 0 Å². The molecule has 2 aromatic heterocycles. The highest BCUT2D eigenvalue weighted by Gasteiger charge is 2.03. The van der Waals surface area contributed by atoms with E-state index in [1.165, 1.54) is 14.6 Å². The predicted molar refractivity (Wildman–Crippen MR) is 72.0 cm³/mol. The normalized spacial score (nSPS) is 10.6. The summed E-state index contributed by atoms with van der Waals surface area (Å²) >= 11 is 3.57. The molecule has 90 valence electrons. The van der Waals surface area contributed by atoms with Gasteiger partial charge in [0.1, 0.15) is 0 Å². The molecule has 0 bridgehead atoms. The van der Waals surface area contributed by atoms with Gasteiger partial charge in [-0.1, -0.05) is 6.07 Å². The Balaban J connectivity index is 1.85. The fourth-order valence-electron chi connectivity index (χ4n) is 1.65. The molecule has 1 N–H and O–H groups in total. The first kappa shape index (κ1) is 12.3. The minimum Gasteiger partial charge on any atom is -0.481 e. The Morgan fingerprint density at radius 1 is 1.18 bits per heavy atom. The summed E-state index contributed by atoms with van der Waals surface area (Å²) in [6.45, 7) is 0. The van der Waals surface area contributed by atoms with Gasteiger partial charge in [0.15, 0.2) is 0 Å². The molecule has 0 aliphatic heterocycles. The van der Waals surface area contributed by atoms with Gasteiger partial charge in [0.05, 0.1) is 0 Å². The van der Waals surface area contributed by atoms with Gasteiger partial charge in [-0.15, -0.1) is 22.7 Å². The first-order chi connectivity index (χ1) is 8.24. The molecular weight excluding hydrogens is 252 g/mol. The molecule has 0 aromatic carbocycles. The lowest BCUT2D eigenvalue weighted by Crippen LogP contribution is -1.94. The van der Waals surface area contributed by atoms with Gasteiger partial charge in [0, 0.05) is 27.5 Å². The molecule has 0 saturated heterocycles. The highest BCUT2D eigenvalue weighted by Crippen LogP contribution is 2.23. The van der Waals surface area contributed by atoms with Crippen LogP contribution in [-0.4, -0.2) is 11.1 Å². The predicted octanol–water partition coefficient (Wildman–Crippen LogP) is 3.81. The van der Waals surface area contributed by atoms with E-state index in [-0.39, 0.29) is 6.42 Å². The highest BCUT2D eigenvalue weighted by molar-refractivity contribution is 7.12. The molecule has 0 aliphatic rings. The summed E-state index contributed by atoms with van der Waals surface area (Å²) < 4.78 is 0. The summed E-state index contributed by atoms with van der Waals surface area (Å²) in [5, 5.41) is 10.7. The third-order valence-corrected chi connectivity index (χ3v) is 4.48. The molecule has 0 aliphatic carbocycles. The van der Waals surface area contributed by atoms with Gasteiger partial charge in [-0.05, 0) is 36.4 Å². The summed E-state index contributed by atoms with van der Waals surface area (Å²) in [5.74, 6) is -0.708. The van der Waals surface area contributed by atoms with E-state index in [4.69, 9.17) is 5.11 Å². The monoisotopic (exact) mass is 266 g/mol. The van der Waals surface area contributed by atoms with E-state index >= 15 is 0 Å². The van der Waals surface area contributed by atoms with E-state index < -0.39 is 5.97 Å². The SMILES string of the molecule is O=C(O)CCCc1ccc(Cc2cccs2)s1. The van der Waals surface area contributed by atoms with Crippen LogP contribution in [0.1, 0.15) is 27.5 Å². The fourth-order valence-corrected chi connectivity index (χ4v) is 3.55. The van der Waals surface area contributed by atoms with Crippen molar-refractivity contribution in [3.63, 3.8) is 0 Å². The number of hydrogen-bond acceptors (Lipinski definition) is 3. The zero-order valence-corrected chi connectivity index (χ0v) is 11.0. The van der Waals surface area contributed by atoms with E-state index in [1.807, 2.05) is 0 Å². The van der Waals surface area contributed by atoms with Crippen molar-refractivity contribution in [2.24, 2.45) is 0 Å². The lowest BCUT2D eigenvalue weighted by atomic mass is 10.2. The number of carboxylic acids is 1. The maximum atomic E-state index is 10.4. The van der Waals surface area contributed by atoms with Crippen LogP contribution in [0.25, 0.3) is 0 Å². The Bertz CT molecular complexity index is 471. The van der Waals surface area contributed by atoms with Crippen LogP contribution >= 0.6 is 22.7 Å². The molecule has 2 aromatic rings. The molecule has 2 heterocycles. The van der Waals surface area contributed by atoms with E-state index in [0.29, 0.717) is 0 Å². The second-order valence-electron chi connectivity index (χ2n) is 3.87. The topological polar surface area (TPSA) is 37.3 Å². The molecule has 0 unspecified atom stereocenters. The van der Waals surface area contributed by atoms with Crippen LogP contribution in [0.3, 0.4) is 0 Å². The van der Waals surface area contributed by atoms with Crippen molar-refractivity contribution in [3.05, 3.63) is 44.3 Å². The number of aryl methyl sites for hydroxylation is 1. The number of carboxylic acid groups (broad SMARTS) is 1. The average molecular weight is 266 g/mol. The standard InChI is InChI=1S/C13H14O2S2/c14-13(15)5-1-3-10-6-7-12(17-10)9-11-4-2-8-16-11/h2,4,6-8H,1,3,5,9H2,(H,14,15). The van der Waals surface area contributed by atoms with Crippen molar-refractivity contribution in [1.29, 1.82) is 0 Å². The van der Waals surface area contributed by atoms with Crippen molar-refractivity contribution >= 4 is 28.6 Å². The largest absolute Gasteiger partial charge is 0.481 e. The van der Waals surface area contributed by atoms with Crippen LogP contribution in [0.2, 0.25) is 0 Å². The zero-order valence-electron chi connectivity index (χ0n) is 9.39. The number of rotatable bonds is 6.